The van der Waals surface area contributed by atoms with Gasteiger partial charge in [-0.1, -0.05) is 12.1 Å². The largest absolute Gasteiger partial charge is 0.378 e. The second kappa shape index (κ2) is 11.1. The van der Waals surface area contributed by atoms with Crippen LogP contribution in [-0.2, 0) is 4.74 Å². The number of hydrogen-bond acceptors (Lipinski definition) is 7. The van der Waals surface area contributed by atoms with Crippen LogP contribution in [0.1, 0.15) is 44.4 Å². The van der Waals surface area contributed by atoms with Crippen LogP contribution in [0, 0.1) is 5.92 Å². The highest BCUT2D eigenvalue weighted by molar-refractivity contribution is 5.78. The van der Waals surface area contributed by atoms with E-state index in [9.17, 15) is 13.2 Å². The van der Waals surface area contributed by atoms with Crippen molar-refractivity contribution in [3.63, 3.8) is 0 Å². The number of halogens is 3. The van der Waals surface area contributed by atoms with E-state index in [2.05, 4.69) is 20.1 Å². The van der Waals surface area contributed by atoms with E-state index in [4.69, 9.17) is 14.7 Å². The summed E-state index contributed by atoms with van der Waals surface area (Å²) in [5.41, 5.74) is 1.08. The lowest BCUT2D eigenvalue weighted by Crippen LogP contribution is -2.38. The number of nitrogens with one attached hydrogen (secondary N) is 1. The maximum Gasteiger partial charge on any atom is 0.296 e. The van der Waals surface area contributed by atoms with Gasteiger partial charge in [0.05, 0.1) is 24.2 Å². The molecule has 1 saturated carbocycles. The summed E-state index contributed by atoms with van der Waals surface area (Å²) in [5, 5.41) is 3.41. The molecule has 0 radical (unpaired) electrons. The van der Waals surface area contributed by atoms with Crippen molar-refractivity contribution in [2.45, 2.75) is 50.7 Å². The zero-order valence-corrected chi connectivity index (χ0v) is 21.4. The predicted octanol–water partition coefficient (Wildman–Crippen LogP) is 4.60. The van der Waals surface area contributed by atoms with Gasteiger partial charge in [-0.15, -0.1) is 0 Å². The van der Waals surface area contributed by atoms with E-state index >= 15 is 0 Å². The number of alkyl halides is 3. The van der Waals surface area contributed by atoms with Crippen LogP contribution in [0.4, 0.5) is 24.9 Å². The number of nitrogens with zero attached hydrogens (tertiary/aromatic N) is 6. The topological polar surface area (TPSA) is 71.3 Å². The molecule has 1 aliphatic carbocycles. The Hall–Kier alpha value is -2.92. The van der Waals surface area contributed by atoms with Crippen LogP contribution in [0.3, 0.4) is 0 Å². The smallest absolute Gasteiger partial charge is 0.296 e. The number of aromatic nitrogens is 4. The van der Waals surface area contributed by atoms with E-state index in [-0.39, 0.29) is 5.82 Å². The number of rotatable bonds is 7. The van der Waals surface area contributed by atoms with Gasteiger partial charge in [-0.2, -0.15) is 9.97 Å². The Bertz CT molecular complexity index is 1240. The second-order valence-corrected chi connectivity index (χ2v) is 10.5. The molecule has 2 saturated heterocycles. The molecule has 0 amide bonds. The Kier molecular flexibility index (Phi) is 7.38. The number of hydrogen-bond donors (Lipinski definition) is 1. The molecule has 1 aromatic carbocycles. The first-order valence-corrected chi connectivity index (χ1v) is 13.6. The molecule has 1 N–H and O–H groups in total. The third-order valence-corrected chi connectivity index (χ3v) is 8.09. The molecule has 3 aromatic rings. The number of likely N-dealkylation sites (tertiary alicyclic amines) is 1. The van der Waals surface area contributed by atoms with Crippen LogP contribution in [0.5, 0.6) is 0 Å². The molecular weight excluding hydrogens is 495 g/mol. The first kappa shape index (κ1) is 25.4. The number of imidazole rings is 1. The quantitative estimate of drug-likeness (QED) is 0.480. The van der Waals surface area contributed by atoms with Gasteiger partial charge in [0, 0.05) is 44.8 Å². The van der Waals surface area contributed by atoms with Crippen LogP contribution in [0.25, 0.3) is 16.9 Å². The molecule has 3 aliphatic rings. The number of morpholine rings is 1. The summed E-state index contributed by atoms with van der Waals surface area (Å²) < 4.78 is 48.7. The van der Waals surface area contributed by atoms with Crippen molar-refractivity contribution >= 4 is 22.8 Å². The molecule has 0 bridgehead atoms. The molecule has 2 aromatic heterocycles. The molecular formula is C27H34F3N7O. The zero-order valence-electron chi connectivity index (χ0n) is 21.4. The van der Waals surface area contributed by atoms with Crippen molar-refractivity contribution in [2.24, 2.45) is 5.92 Å². The van der Waals surface area contributed by atoms with Crippen molar-refractivity contribution < 1.29 is 17.9 Å². The summed E-state index contributed by atoms with van der Waals surface area (Å²) in [6.45, 7) is 4.65. The summed E-state index contributed by atoms with van der Waals surface area (Å²) in [5.74, 6) is 1.59. The first-order chi connectivity index (χ1) is 18.5. The van der Waals surface area contributed by atoms with Crippen LogP contribution >= 0.6 is 0 Å². The lowest BCUT2D eigenvalue weighted by molar-refractivity contribution is 0.122. The maximum absolute atomic E-state index is 14.1. The Morgan fingerprint density at radius 2 is 1.71 bits per heavy atom. The van der Waals surface area contributed by atoms with Gasteiger partial charge in [0.15, 0.2) is 5.82 Å². The Morgan fingerprint density at radius 3 is 2.45 bits per heavy atom. The molecule has 1 atom stereocenters. The van der Waals surface area contributed by atoms with Crippen LogP contribution in [0.2, 0.25) is 0 Å². The SMILES string of the molecule is FC(F)c1nc2ccccc2n1-c1cc(N2CCOCC2)nc(NC[C@H]2CC[C@H](N3CC[C@H](F)C3)CC2)n1. The van der Waals surface area contributed by atoms with Gasteiger partial charge >= 0.3 is 0 Å². The summed E-state index contributed by atoms with van der Waals surface area (Å²) in [6.07, 6.45) is 1.47. The third kappa shape index (κ3) is 5.31. The van der Waals surface area contributed by atoms with Gasteiger partial charge in [0.1, 0.15) is 17.8 Å². The van der Waals surface area contributed by atoms with Gasteiger partial charge < -0.3 is 15.0 Å². The van der Waals surface area contributed by atoms with E-state index in [1.807, 2.05) is 6.07 Å². The normalized spacial score (nSPS) is 24.9. The van der Waals surface area contributed by atoms with E-state index in [0.717, 1.165) is 32.2 Å². The number of para-hydroxylation sites is 2. The van der Waals surface area contributed by atoms with E-state index in [0.29, 0.717) is 86.4 Å². The standard InChI is InChI=1S/C27H34F3N7O/c28-19-9-10-36(17-19)20-7-5-18(6-8-20)16-31-27-33-23(35-11-13-38-14-12-35)15-24(34-27)37-22-4-2-1-3-21(22)32-26(37)25(29)30/h1-4,15,18-20,25H,5-14,16-17H2,(H,31,33,34)/t18-,19-,20-/m0/s1. The van der Waals surface area contributed by atoms with E-state index < -0.39 is 12.6 Å². The van der Waals surface area contributed by atoms with Gasteiger partial charge in [-0.25, -0.2) is 18.2 Å². The molecule has 2 aliphatic heterocycles. The highest BCUT2D eigenvalue weighted by Crippen LogP contribution is 2.32. The minimum Gasteiger partial charge on any atom is -0.378 e. The Balaban J connectivity index is 1.24. The third-order valence-electron chi connectivity index (χ3n) is 8.09. The Morgan fingerprint density at radius 1 is 0.947 bits per heavy atom. The predicted molar refractivity (Wildman–Crippen MR) is 140 cm³/mol. The fraction of sp³-hybridized carbons (Fsp3) is 0.593. The van der Waals surface area contributed by atoms with Gasteiger partial charge in [-0.3, -0.25) is 9.47 Å². The fourth-order valence-electron chi connectivity index (χ4n) is 6.03. The summed E-state index contributed by atoms with van der Waals surface area (Å²) in [4.78, 5) is 18.1. The Labute approximate surface area is 220 Å². The van der Waals surface area contributed by atoms with Gasteiger partial charge in [-0.05, 0) is 50.2 Å². The van der Waals surface area contributed by atoms with Gasteiger partial charge in [0.2, 0.25) is 5.95 Å². The zero-order chi connectivity index (χ0) is 26.1. The average Bonchev–Trinajstić information content (AvgIpc) is 3.56. The van der Waals surface area contributed by atoms with Crippen LogP contribution < -0.4 is 10.2 Å². The molecule has 4 heterocycles. The minimum absolute atomic E-state index is 0.334. The highest BCUT2D eigenvalue weighted by atomic mass is 19.3. The van der Waals surface area contributed by atoms with Crippen molar-refractivity contribution in [1.29, 1.82) is 0 Å². The lowest BCUT2D eigenvalue weighted by atomic mass is 9.85. The average molecular weight is 530 g/mol. The van der Waals surface area contributed by atoms with E-state index in [1.54, 1.807) is 24.3 Å². The molecule has 38 heavy (non-hydrogen) atoms. The first-order valence-electron chi connectivity index (χ1n) is 13.6. The summed E-state index contributed by atoms with van der Waals surface area (Å²) in [6, 6.07) is 9.34. The molecule has 0 unspecified atom stereocenters. The van der Waals surface area contributed by atoms with Crippen molar-refractivity contribution in [1.82, 2.24) is 24.4 Å². The molecule has 11 heteroatoms. The molecule has 3 fully saturated rings. The molecule has 8 nitrogen and oxygen atoms in total. The number of ether oxygens (including phenoxy) is 1. The maximum atomic E-state index is 14.1. The van der Waals surface area contributed by atoms with Crippen LogP contribution in [-0.4, -0.2) is 82.6 Å². The fourth-order valence-corrected chi connectivity index (χ4v) is 6.03. The lowest BCUT2D eigenvalue weighted by Gasteiger charge is -2.34. The molecule has 204 valence electrons. The van der Waals surface area contributed by atoms with Gasteiger partial charge in [0.25, 0.3) is 6.43 Å². The summed E-state index contributed by atoms with van der Waals surface area (Å²) in [7, 11) is 0. The molecule has 6 rings (SSSR count). The van der Waals surface area contributed by atoms with Crippen molar-refractivity contribution in [2.75, 3.05) is 56.2 Å². The summed E-state index contributed by atoms with van der Waals surface area (Å²) >= 11 is 0. The number of benzene rings is 1. The monoisotopic (exact) mass is 529 g/mol. The number of anilines is 2. The molecule has 0 spiro atoms. The number of fused-ring (bicyclic) bond motifs is 1. The van der Waals surface area contributed by atoms with Crippen LogP contribution in [0.15, 0.2) is 30.3 Å². The van der Waals surface area contributed by atoms with E-state index in [1.165, 1.54) is 4.57 Å². The second-order valence-electron chi connectivity index (χ2n) is 10.5. The van der Waals surface area contributed by atoms with Crippen molar-refractivity contribution in [3.05, 3.63) is 36.2 Å². The van der Waals surface area contributed by atoms with Crippen molar-refractivity contribution in [3.8, 4) is 5.82 Å². The minimum atomic E-state index is -2.75. The highest BCUT2D eigenvalue weighted by Gasteiger charge is 2.31.